The van der Waals surface area contributed by atoms with Gasteiger partial charge in [0.1, 0.15) is 0 Å². The van der Waals surface area contributed by atoms with Crippen molar-refractivity contribution in [3.8, 4) is 0 Å². The van der Waals surface area contributed by atoms with E-state index in [1.54, 1.807) is 0 Å². The van der Waals surface area contributed by atoms with E-state index in [0.717, 1.165) is 31.5 Å². The van der Waals surface area contributed by atoms with E-state index in [1.807, 2.05) is 0 Å². The first-order chi connectivity index (χ1) is 8.13. The first kappa shape index (κ1) is 14.3. The van der Waals surface area contributed by atoms with Crippen LogP contribution in [0.2, 0.25) is 0 Å². The van der Waals surface area contributed by atoms with Crippen molar-refractivity contribution in [1.82, 2.24) is 4.57 Å². The highest BCUT2D eigenvalue weighted by molar-refractivity contribution is 9.09. The highest BCUT2D eigenvalue weighted by atomic mass is 79.9. The lowest BCUT2D eigenvalue weighted by molar-refractivity contribution is -0.140. The highest BCUT2D eigenvalue weighted by Crippen LogP contribution is 2.26. The van der Waals surface area contributed by atoms with Gasteiger partial charge in [0.15, 0.2) is 4.83 Å². The Hall–Kier alpha value is -0.770. The predicted octanol–water partition coefficient (Wildman–Crippen LogP) is 3.46. The molecule has 0 saturated heterocycles. The molecule has 0 fully saturated rings. The lowest BCUT2D eigenvalue weighted by Gasteiger charge is -2.12. The SMILES string of the molecule is CCCCn1cc(CC)cc1C(Br)C(=O)OC. The highest BCUT2D eigenvalue weighted by Gasteiger charge is 2.21. The Kier molecular flexibility index (Phi) is 5.75. The van der Waals surface area contributed by atoms with Gasteiger partial charge in [0.2, 0.25) is 0 Å². The number of hydrogen-bond acceptors (Lipinski definition) is 2. The van der Waals surface area contributed by atoms with Crippen LogP contribution in [0, 0.1) is 0 Å². The molecule has 0 radical (unpaired) electrons. The van der Waals surface area contributed by atoms with Gasteiger partial charge < -0.3 is 9.30 Å². The van der Waals surface area contributed by atoms with Crippen LogP contribution in [0.15, 0.2) is 12.3 Å². The summed E-state index contributed by atoms with van der Waals surface area (Å²) < 4.78 is 6.92. The maximum atomic E-state index is 11.6. The monoisotopic (exact) mass is 301 g/mol. The molecule has 0 aromatic carbocycles. The maximum Gasteiger partial charge on any atom is 0.325 e. The van der Waals surface area contributed by atoms with E-state index >= 15 is 0 Å². The van der Waals surface area contributed by atoms with Gasteiger partial charge in [-0.3, -0.25) is 4.79 Å². The fourth-order valence-electron chi connectivity index (χ4n) is 1.74. The number of methoxy groups -OCH3 is 1. The molecule has 1 atom stereocenters. The number of aryl methyl sites for hydroxylation is 2. The zero-order valence-electron chi connectivity index (χ0n) is 10.7. The minimum Gasteiger partial charge on any atom is -0.468 e. The molecule has 0 amide bonds. The van der Waals surface area contributed by atoms with Crippen LogP contribution >= 0.6 is 15.9 Å². The minimum absolute atomic E-state index is 0.247. The summed E-state index contributed by atoms with van der Waals surface area (Å²) in [5.41, 5.74) is 2.24. The molecule has 0 aliphatic rings. The van der Waals surface area contributed by atoms with Gasteiger partial charge in [0.05, 0.1) is 7.11 Å². The van der Waals surface area contributed by atoms with E-state index < -0.39 is 0 Å². The Labute approximate surface area is 111 Å². The molecule has 0 aliphatic heterocycles. The van der Waals surface area contributed by atoms with Crippen molar-refractivity contribution >= 4 is 21.9 Å². The Bertz CT molecular complexity index is 373. The number of alkyl halides is 1. The van der Waals surface area contributed by atoms with Gasteiger partial charge in [-0.1, -0.05) is 36.2 Å². The molecule has 3 nitrogen and oxygen atoms in total. The van der Waals surface area contributed by atoms with Crippen molar-refractivity contribution in [3.05, 3.63) is 23.5 Å². The second kappa shape index (κ2) is 6.84. The molecule has 17 heavy (non-hydrogen) atoms. The normalized spacial score (nSPS) is 12.5. The van der Waals surface area contributed by atoms with E-state index in [-0.39, 0.29) is 10.8 Å². The molecule has 1 aromatic rings. The van der Waals surface area contributed by atoms with Crippen LogP contribution in [-0.4, -0.2) is 17.6 Å². The molecule has 4 heteroatoms. The number of rotatable bonds is 6. The second-order valence-electron chi connectivity index (χ2n) is 4.06. The fraction of sp³-hybridized carbons (Fsp3) is 0.615. The summed E-state index contributed by atoms with van der Waals surface area (Å²) in [6, 6.07) is 2.08. The summed E-state index contributed by atoms with van der Waals surface area (Å²) in [6.45, 7) is 5.23. The van der Waals surface area contributed by atoms with Crippen LogP contribution < -0.4 is 0 Å². The summed E-state index contributed by atoms with van der Waals surface area (Å²) in [4.78, 5) is 11.2. The third kappa shape index (κ3) is 3.60. The van der Waals surface area contributed by atoms with E-state index in [4.69, 9.17) is 4.74 Å². The van der Waals surface area contributed by atoms with Crippen molar-refractivity contribution in [1.29, 1.82) is 0 Å². The molecule has 96 valence electrons. The third-order valence-electron chi connectivity index (χ3n) is 2.82. The number of hydrogen-bond donors (Lipinski definition) is 0. The van der Waals surface area contributed by atoms with Crippen LogP contribution in [0.5, 0.6) is 0 Å². The molecular weight excluding hydrogens is 282 g/mol. The van der Waals surface area contributed by atoms with Gasteiger partial charge in [-0.25, -0.2) is 0 Å². The molecule has 1 unspecified atom stereocenters. The van der Waals surface area contributed by atoms with Gasteiger partial charge in [0.25, 0.3) is 0 Å². The molecule has 0 saturated carbocycles. The lowest BCUT2D eigenvalue weighted by atomic mass is 10.2. The quantitative estimate of drug-likeness (QED) is 0.595. The molecule has 1 rings (SSSR count). The molecule has 0 aliphatic carbocycles. The van der Waals surface area contributed by atoms with Crippen LogP contribution in [0.3, 0.4) is 0 Å². The summed E-state index contributed by atoms with van der Waals surface area (Å²) in [5, 5.41) is 0. The largest absolute Gasteiger partial charge is 0.468 e. The van der Waals surface area contributed by atoms with Crippen molar-refractivity contribution in [2.45, 2.75) is 44.5 Å². The van der Waals surface area contributed by atoms with Gasteiger partial charge in [0, 0.05) is 18.4 Å². The first-order valence-electron chi connectivity index (χ1n) is 6.04. The van der Waals surface area contributed by atoms with E-state index in [2.05, 4.69) is 46.6 Å². The van der Waals surface area contributed by atoms with Crippen molar-refractivity contribution in [3.63, 3.8) is 0 Å². The van der Waals surface area contributed by atoms with Gasteiger partial charge in [-0.05, 0) is 24.5 Å². The zero-order chi connectivity index (χ0) is 12.8. The number of carbonyl (C=O) groups excluding carboxylic acids is 1. The average molecular weight is 302 g/mol. The smallest absolute Gasteiger partial charge is 0.325 e. The Balaban J connectivity index is 2.94. The number of aromatic nitrogens is 1. The second-order valence-corrected chi connectivity index (χ2v) is 4.98. The molecular formula is C13H20BrNO2. The van der Waals surface area contributed by atoms with Gasteiger partial charge >= 0.3 is 5.97 Å². The van der Waals surface area contributed by atoms with Gasteiger partial charge in [-0.2, -0.15) is 0 Å². The van der Waals surface area contributed by atoms with Crippen LogP contribution in [0.4, 0.5) is 0 Å². The first-order valence-corrected chi connectivity index (χ1v) is 6.96. The number of nitrogens with zero attached hydrogens (tertiary/aromatic N) is 1. The van der Waals surface area contributed by atoms with Crippen molar-refractivity contribution in [2.24, 2.45) is 0 Å². The number of carbonyl (C=O) groups is 1. The molecule has 0 spiro atoms. The third-order valence-corrected chi connectivity index (χ3v) is 3.66. The van der Waals surface area contributed by atoms with E-state index in [9.17, 15) is 4.79 Å². The van der Waals surface area contributed by atoms with Crippen molar-refractivity contribution < 1.29 is 9.53 Å². The van der Waals surface area contributed by atoms with Gasteiger partial charge in [-0.15, -0.1) is 0 Å². The number of halogens is 1. The summed E-state index contributed by atoms with van der Waals surface area (Å²) in [6.07, 6.45) is 5.37. The Morgan fingerprint density at radius 3 is 2.76 bits per heavy atom. The van der Waals surface area contributed by atoms with E-state index in [1.165, 1.54) is 12.7 Å². The number of ether oxygens (including phenoxy) is 1. The summed E-state index contributed by atoms with van der Waals surface area (Å²) in [5.74, 6) is -0.247. The standard InChI is InChI=1S/C13H20BrNO2/c1-4-6-7-15-9-10(5-2)8-11(15)12(14)13(16)17-3/h8-9,12H,4-7H2,1-3H3. The molecule has 1 aromatic heterocycles. The Morgan fingerprint density at radius 1 is 1.53 bits per heavy atom. The Morgan fingerprint density at radius 2 is 2.24 bits per heavy atom. The van der Waals surface area contributed by atoms with Crippen molar-refractivity contribution in [2.75, 3.05) is 7.11 Å². The lowest BCUT2D eigenvalue weighted by Crippen LogP contribution is -2.12. The maximum absolute atomic E-state index is 11.6. The minimum atomic E-state index is -0.371. The molecule has 1 heterocycles. The zero-order valence-corrected chi connectivity index (χ0v) is 12.3. The average Bonchev–Trinajstić information content (AvgIpc) is 2.77. The predicted molar refractivity (Wildman–Crippen MR) is 72.4 cm³/mol. The summed E-state index contributed by atoms with van der Waals surface area (Å²) >= 11 is 3.40. The number of unbranched alkanes of at least 4 members (excludes halogenated alkanes) is 1. The van der Waals surface area contributed by atoms with Crippen LogP contribution in [0.1, 0.15) is 42.8 Å². The van der Waals surface area contributed by atoms with Crippen LogP contribution in [0.25, 0.3) is 0 Å². The fourth-order valence-corrected chi connectivity index (χ4v) is 2.33. The van der Waals surface area contributed by atoms with E-state index in [0.29, 0.717) is 0 Å². The van der Waals surface area contributed by atoms with Crippen LogP contribution in [-0.2, 0) is 22.5 Å². The number of esters is 1. The summed E-state index contributed by atoms with van der Waals surface area (Å²) in [7, 11) is 1.41. The topological polar surface area (TPSA) is 31.2 Å². The molecule has 0 N–H and O–H groups in total. The molecule has 0 bridgehead atoms.